The normalized spacial score (nSPS) is 10.2. The summed E-state index contributed by atoms with van der Waals surface area (Å²) in [7, 11) is 1.59. The van der Waals surface area contributed by atoms with Gasteiger partial charge in [-0.2, -0.15) is 0 Å². The number of halogens is 1. The van der Waals surface area contributed by atoms with Crippen LogP contribution < -0.4 is 10.5 Å². The van der Waals surface area contributed by atoms with Crippen molar-refractivity contribution in [2.24, 2.45) is 5.73 Å². The van der Waals surface area contributed by atoms with Gasteiger partial charge in [-0.15, -0.1) is 0 Å². The Bertz CT molecular complexity index is 326. The molecule has 0 amide bonds. The smallest absolute Gasteiger partial charge is 0.144 e. The summed E-state index contributed by atoms with van der Waals surface area (Å²) in [6, 6.07) is 0. The van der Waals surface area contributed by atoms with Crippen molar-refractivity contribution in [2.75, 3.05) is 7.11 Å². The minimum absolute atomic E-state index is 0.330. The van der Waals surface area contributed by atoms with Crippen LogP contribution in [0.15, 0.2) is 0 Å². The second-order valence-electron chi connectivity index (χ2n) is 2.82. The summed E-state index contributed by atoms with van der Waals surface area (Å²) >= 11 is 6.02. The van der Waals surface area contributed by atoms with Gasteiger partial charge < -0.3 is 10.5 Å². The quantitative estimate of drug-likeness (QED) is 0.792. The van der Waals surface area contributed by atoms with Gasteiger partial charge in [-0.05, 0) is 13.8 Å². The first-order valence-corrected chi connectivity index (χ1v) is 4.39. The van der Waals surface area contributed by atoms with Crippen molar-refractivity contribution >= 4 is 11.6 Å². The van der Waals surface area contributed by atoms with Crippen LogP contribution in [-0.4, -0.2) is 12.1 Å². The zero-order valence-electron chi connectivity index (χ0n) is 8.02. The fourth-order valence-corrected chi connectivity index (χ4v) is 1.51. The molecule has 1 rings (SSSR count). The van der Waals surface area contributed by atoms with E-state index < -0.39 is 0 Å². The van der Waals surface area contributed by atoms with E-state index in [1.165, 1.54) is 0 Å². The fraction of sp³-hybridized carbons (Fsp3) is 0.444. The third-order valence-corrected chi connectivity index (χ3v) is 2.43. The molecule has 1 aromatic rings. The Kier molecular flexibility index (Phi) is 3.12. The number of aryl methyl sites for hydroxylation is 1. The summed E-state index contributed by atoms with van der Waals surface area (Å²) in [5.41, 5.74) is 8.04. The van der Waals surface area contributed by atoms with Gasteiger partial charge in [0.2, 0.25) is 0 Å². The summed E-state index contributed by atoms with van der Waals surface area (Å²) in [4.78, 5) is 4.26. The molecule has 0 aliphatic heterocycles. The van der Waals surface area contributed by atoms with Crippen LogP contribution in [0.5, 0.6) is 5.75 Å². The van der Waals surface area contributed by atoms with Crippen LogP contribution in [0.3, 0.4) is 0 Å². The van der Waals surface area contributed by atoms with Gasteiger partial charge in [-0.25, -0.2) is 0 Å². The molecule has 13 heavy (non-hydrogen) atoms. The highest BCUT2D eigenvalue weighted by atomic mass is 35.5. The van der Waals surface area contributed by atoms with Crippen LogP contribution in [0.2, 0.25) is 5.02 Å². The maximum atomic E-state index is 6.02. The lowest BCUT2D eigenvalue weighted by atomic mass is 10.2. The Morgan fingerprint density at radius 1 is 1.46 bits per heavy atom. The SMILES string of the molecule is COc1c(C)c(C)nc(CN)c1Cl. The monoisotopic (exact) mass is 200 g/mol. The van der Waals surface area contributed by atoms with Crippen molar-refractivity contribution < 1.29 is 4.74 Å². The van der Waals surface area contributed by atoms with Gasteiger partial charge in [0.05, 0.1) is 12.8 Å². The Balaban J connectivity index is 3.39. The highest BCUT2D eigenvalue weighted by Gasteiger charge is 2.12. The summed E-state index contributed by atoms with van der Waals surface area (Å²) in [6.07, 6.45) is 0. The van der Waals surface area contributed by atoms with E-state index in [1.54, 1.807) is 7.11 Å². The highest BCUT2D eigenvalue weighted by Crippen LogP contribution is 2.31. The number of hydrogen-bond donors (Lipinski definition) is 1. The third-order valence-electron chi connectivity index (χ3n) is 2.04. The molecular formula is C9H13ClN2O. The second kappa shape index (κ2) is 3.94. The Labute approximate surface area is 82.9 Å². The summed E-state index contributed by atoms with van der Waals surface area (Å²) in [6.45, 7) is 4.16. The number of aromatic nitrogens is 1. The molecule has 1 heterocycles. The molecule has 0 fully saturated rings. The molecule has 0 saturated heterocycles. The van der Waals surface area contributed by atoms with E-state index in [-0.39, 0.29) is 0 Å². The molecule has 0 atom stereocenters. The van der Waals surface area contributed by atoms with Gasteiger partial charge in [-0.3, -0.25) is 4.98 Å². The number of nitrogens with zero attached hydrogens (tertiary/aromatic N) is 1. The molecule has 0 aliphatic carbocycles. The number of hydrogen-bond acceptors (Lipinski definition) is 3. The largest absolute Gasteiger partial charge is 0.495 e. The predicted molar refractivity (Wildman–Crippen MR) is 53.2 cm³/mol. The maximum Gasteiger partial charge on any atom is 0.144 e. The molecule has 0 aromatic carbocycles. The van der Waals surface area contributed by atoms with Gasteiger partial charge in [0.1, 0.15) is 10.8 Å². The summed E-state index contributed by atoms with van der Waals surface area (Å²) in [5.74, 6) is 0.676. The number of ether oxygens (including phenoxy) is 1. The minimum Gasteiger partial charge on any atom is -0.495 e. The van der Waals surface area contributed by atoms with Crippen molar-refractivity contribution in [2.45, 2.75) is 20.4 Å². The lowest BCUT2D eigenvalue weighted by Gasteiger charge is -2.11. The van der Waals surface area contributed by atoms with Crippen LogP contribution >= 0.6 is 11.6 Å². The van der Waals surface area contributed by atoms with E-state index in [4.69, 9.17) is 22.1 Å². The van der Waals surface area contributed by atoms with Crippen molar-refractivity contribution in [1.82, 2.24) is 4.98 Å². The molecule has 0 aliphatic rings. The molecule has 2 N–H and O–H groups in total. The summed E-state index contributed by atoms with van der Waals surface area (Å²) in [5, 5.41) is 0.521. The van der Waals surface area contributed by atoms with E-state index in [0.29, 0.717) is 23.0 Å². The van der Waals surface area contributed by atoms with Gasteiger partial charge in [0.25, 0.3) is 0 Å². The van der Waals surface area contributed by atoms with Crippen molar-refractivity contribution in [3.63, 3.8) is 0 Å². The number of nitrogens with two attached hydrogens (primary N) is 1. The molecule has 0 spiro atoms. The number of rotatable bonds is 2. The number of pyridine rings is 1. The molecule has 0 bridgehead atoms. The van der Waals surface area contributed by atoms with Crippen molar-refractivity contribution in [3.05, 3.63) is 22.0 Å². The van der Waals surface area contributed by atoms with Crippen molar-refractivity contribution in [3.8, 4) is 5.75 Å². The lowest BCUT2D eigenvalue weighted by molar-refractivity contribution is 0.410. The van der Waals surface area contributed by atoms with Gasteiger partial charge >= 0.3 is 0 Å². The average molecular weight is 201 g/mol. The Hall–Kier alpha value is -0.800. The predicted octanol–water partition coefficient (Wildman–Crippen LogP) is 1.82. The van der Waals surface area contributed by atoms with E-state index in [9.17, 15) is 0 Å². The van der Waals surface area contributed by atoms with Gasteiger partial charge in [0, 0.05) is 17.8 Å². The lowest BCUT2D eigenvalue weighted by Crippen LogP contribution is -2.05. The molecule has 0 saturated carbocycles. The van der Waals surface area contributed by atoms with Crippen LogP contribution in [0.4, 0.5) is 0 Å². The van der Waals surface area contributed by atoms with E-state index in [1.807, 2.05) is 13.8 Å². The molecule has 1 aromatic heterocycles. The van der Waals surface area contributed by atoms with E-state index in [0.717, 1.165) is 11.3 Å². The van der Waals surface area contributed by atoms with Gasteiger partial charge in [-0.1, -0.05) is 11.6 Å². The third kappa shape index (κ3) is 1.76. The standard InChI is InChI=1S/C9H13ClN2O/c1-5-6(2)12-7(4-11)8(10)9(5)13-3/h4,11H2,1-3H3. The molecule has 72 valence electrons. The van der Waals surface area contributed by atoms with Crippen LogP contribution in [0.25, 0.3) is 0 Å². The Morgan fingerprint density at radius 3 is 2.54 bits per heavy atom. The molecular weight excluding hydrogens is 188 g/mol. The van der Waals surface area contributed by atoms with Crippen LogP contribution in [0.1, 0.15) is 17.0 Å². The van der Waals surface area contributed by atoms with Crippen LogP contribution in [0, 0.1) is 13.8 Å². The first kappa shape index (κ1) is 10.3. The number of methoxy groups -OCH3 is 1. The molecule has 3 nitrogen and oxygen atoms in total. The fourth-order valence-electron chi connectivity index (χ4n) is 1.17. The molecule has 4 heteroatoms. The second-order valence-corrected chi connectivity index (χ2v) is 3.20. The zero-order valence-corrected chi connectivity index (χ0v) is 8.77. The molecule has 0 unspecified atom stereocenters. The van der Waals surface area contributed by atoms with E-state index in [2.05, 4.69) is 4.98 Å². The zero-order chi connectivity index (χ0) is 10.0. The van der Waals surface area contributed by atoms with E-state index >= 15 is 0 Å². The first-order valence-electron chi connectivity index (χ1n) is 4.01. The Morgan fingerprint density at radius 2 is 2.08 bits per heavy atom. The minimum atomic E-state index is 0.330. The molecule has 0 radical (unpaired) electrons. The van der Waals surface area contributed by atoms with Crippen LogP contribution in [-0.2, 0) is 6.54 Å². The van der Waals surface area contributed by atoms with Crippen molar-refractivity contribution in [1.29, 1.82) is 0 Å². The summed E-state index contributed by atoms with van der Waals surface area (Å²) < 4.78 is 5.17. The van der Waals surface area contributed by atoms with Gasteiger partial charge in [0.15, 0.2) is 0 Å². The maximum absolute atomic E-state index is 6.02. The average Bonchev–Trinajstić information content (AvgIpc) is 2.12. The topological polar surface area (TPSA) is 48.1 Å². The highest BCUT2D eigenvalue weighted by molar-refractivity contribution is 6.32. The first-order chi connectivity index (χ1) is 6.11.